The number of anilines is 1. The molecule has 0 radical (unpaired) electrons. The van der Waals surface area contributed by atoms with Crippen LogP contribution in [0, 0.1) is 20.8 Å². The molecule has 0 fully saturated rings. The minimum Gasteiger partial charge on any atom is -0.494 e. The average Bonchev–Trinajstić information content (AvgIpc) is 2.81. The Morgan fingerprint density at radius 1 is 0.958 bits per heavy atom. The van der Waals surface area contributed by atoms with E-state index in [0.29, 0.717) is 25.1 Å². The number of nitrogens with zero attached hydrogens (tertiary/aromatic N) is 1. The van der Waals surface area contributed by atoms with Crippen LogP contribution in [-0.2, 0) is 4.79 Å². The van der Waals surface area contributed by atoms with E-state index in [4.69, 9.17) is 4.74 Å². The Bertz CT molecular complexity index is 811. The van der Waals surface area contributed by atoms with Crippen LogP contribution in [0.4, 0.5) is 5.69 Å². The zero-order valence-electron chi connectivity index (χ0n) is 14.3. The fourth-order valence-electron chi connectivity index (χ4n) is 2.97. The van der Waals surface area contributed by atoms with Crippen LogP contribution in [-0.4, -0.2) is 24.8 Å². The maximum atomic E-state index is 12.2. The minimum atomic E-state index is -0.439. The first-order chi connectivity index (χ1) is 11.5. The third-order valence-electron chi connectivity index (χ3n) is 4.46. The van der Waals surface area contributed by atoms with E-state index in [1.807, 2.05) is 37.3 Å². The molecule has 1 aliphatic heterocycles. The normalized spacial score (nSPS) is 13.4. The Kier molecular flexibility index (Phi) is 4.38. The molecule has 124 valence electrons. The quantitative estimate of drug-likeness (QED) is 0.624. The lowest BCUT2D eigenvalue weighted by Gasteiger charge is -2.18. The molecule has 0 N–H and O–H groups in total. The maximum absolute atomic E-state index is 12.2. The van der Waals surface area contributed by atoms with Crippen molar-refractivity contribution in [3.05, 3.63) is 58.7 Å². The standard InChI is InChI=1S/C20H21NO3/c1-13-8-9-16(12-15(13)3)24-11-5-10-21-18-14(2)6-4-7-17(18)19(22)20(21)23/h4,6-9,12H,5,10-11H2,1-3H3. The van der Waals surface area contributed by atoms with Gasteiger partial charge in [-0.3, -0.25) is 9.59 Å². The van der Waals surface area contributed by atoms with Gasteiger partial charge in [0, 0.05) is 6.54 Å². The summed E-state index contributed by atoms with van der Waals surface area (Å²) in [5.41, 5.74) is 4.63. The van der Waals surface area contributed by atoms with E-state index in [-0.39, 0.29) is 0 Å². The number of Topliss-reactive ketones (excluding diaryl/α,β-unsaturated/α-hetero) is 1. The first-order valence-electron chi connectivity index (χ1n) is 8.15. The summed E-state index contributed by atoms with van der Waals surface area (Å²) >= 11 is 0. The first-order valence-corrected chi connectivity index (χ1v) is 8.15. The Labute approximate surface area is 142 Å². The van der Waals surface area contributed by atoms with Crippen LogP contribution >= 0.6 is 0 Å². The van der Waals surface area contributed by atoms with Crippen molar-refractivity contribution in [2.24, 2.45) is 0 Å². The fourth-order valence-corrected chi connectivity index (χ4v) is 2.97. The van der Waals surface area contributed by atoms with Gasteiger partial charge in [0.1, 0.15) is 5.75 Å². The Morgan fingerprint density at radius 3 is 2.50 bits per heavy atom. The Hall–Kier alpha value is -2.62. The number of para-hydroxylation sites is 1. The molecule has 2 aromatic carbocycles. The number of hydrogen-bond donors (Lipinski definition) is 0. The van der Waals surface area contributed by atoms with Gasteiger partial charge in [-0.1, -0.05) is 18.2 Å². The van der Waals surface area contributed by atoms with Crippen molar-refractivity contribution in [3.63, 3.8) is 0 Å². The van der Waals surface area contributed by atoms with Crippen molar-refractivity contribution in [1.82, 2.24) is 0 Å². The number of ether oxygens (including phenoxy) is 1. The summed E-state index contributed by atoms with van der Waals surface area (Å²) in [6, 6.07) is 11.4. The molecule has 3 rings (SSSR count). The summed E-state index contributed by atoms with van der Waals surface area (Å²) in [7, 11) is 0. The second-order valence-electron chi connectivity index (χ2n) is 6.21. The van der Waals surface area contributed by atoms with E-state index in [1.165, 1.54) is 11.1 Å². The molecule has 0 spiro atoms. The van der Waals surface area contributed by atoms with Crippen LogP contribution in [0.1, 0.15) is 33.5 Å². The molecule has 0 saturated heterocycles. The van der Waals surface area contributed by atoms with Crippen molar-refractivity contribution in [3.8, 4) is 5.75 Å². The van der Waals surface area contributed by atoms with Crippen LogP contribution in [0.5, 0.6) is 5.75 Å². The lowest BCUT2D eigenvalue weighted by Crippen LogP contribution is -2.31. The summed E-state index contributed by atoms with van der Waals surface area (Å²) in [5, 5.41) is 0. The zero-order chi connectivity index (χ0) is 17.3. The number of fused-ring (bicyclic) bond motifs is 1. The van der Waals surface area contributed by atoms with Crippen molar-refractivity contribution in [2.75, 3.05) is 18.1 Å². The number of carbonyl (C=O) groups excluding carboxylic acids is 2. The zero-order valence-corrected chi connectivity index (χ0v) is 14.3. The van der Waals surface area contributed by atoms with Gasteiger partial charge in [-0.25, -0.2) is 0 Å². The number of aryl methyl sites for hydroxylation is 3. The number of hydrogen-bond acceptors (Lipinski definition) is 3. The second-order valence-corrected chi connectivity index (χ2v) is 6.21. The van der Waals surface area contributed by atoms with Crippen molar-refractivity contribution in [1.29, 1.82) is 0 Å². The minimum absolute atomic E-state index is 0.413. The highest BCUT2D eigenvalue weighted by atomic mass is 16.5. The molecule has 0 aliphatic carbocycles. The molecule has 0 aromatic heterocycles. The molecular weight excluding hydrogens is 302 g/mol. The molecule has 1 aliphatic rings. The van der Waals surface area contributed by atoms with Crippen LogP contribution in [0.2, 0.25) is 0 Å². The molecule has 4 heteroatoms. The topological polar surface area (TPSA) is 46.6 Å². The van der Waals surface area contributed by atoms with E-state index in [9.17, 15) is 9.59 Å². The van der Waals surface area contributed by atoms with E-state index in [2.05, 4.69) is 13.8 Å². The summed E-state index contributed by atoms with van der Waals surface area (Å²) in [6.45, 7) is 7.02. The number of rotatable bonds is 5. The predicted molar refractivity (Wildman–Crippen MR) is 93.9 cm³/mol. The van der Waals surface area contributed by atoms with Gasteiger partial charge in [0.25, 0.3) is 11.7 Å². The molecule has 0 atom stereocenters. The highest BCUT2D eigenvalue weighted by Crippen LogP contribution is 2.32. The van der Waals surface area contributed by atoms with Gasteiger partial charge in [-0.05, 0) is 62.1 Å². The van der Waals surface area contributed by atoms with Crippen molar-refractivity contribution < 1.29 is 14.3 Å². The van der Waals surface area contributed by atoms with E-state index < -0.39 is 11.7 Å². The van der Waals surface area contributed by atoms with Crippen molar-refractivity contribution >= 4 is 17.4 Å². The lowest BCUT2D eigenvalue weighted by atomic mass is 10.1. The van der Waals surface area contributed by atoms with Gasteiger partial charge < -0.3 is 9.64 Å². The summed E-state index contributed by atoms with van der Waals surface area (Å²) in [5.74, 6) is -0.0206. The molecule has 4 nitrogen and oxygen atoms in total. The number of carbonyl (C=O) groups is 2. The Balaban J connectivity index is 1.62. The van der Waals surface area contributed by atoms with E-state index in [1.54, 1.807) is 11.0 Å². The predicted octanol–water partition coefficient (Wildman–Crippen LogP) is 3.61. The third kappa shape index (κ3) is 2.92. The number of amides is 1. The van der Waals surface area contributed by atoms with Crippen LogP contribution in [0.25, 0.3) is 0 Å². The largest absolute Gasteiger partial charge is 0.494 e. The second kappa shape index (κ2) is 6.48. The van der Waals surface area contributed by atoms with Gasteiger partial charge in [0.15, 0.2) is 0 Å². The maximum Gasteiger partial charge on any atom is 0.299 e. The smallest absolute Gasteiger partial charge is 0.299 e. The summed E-state index contributed by atoms with van der Waals surface area (Å²) < 4.78 is 5.76. The van der Waals surface area contributed by atoms with Crippen molar-refractivity contribution in [2.45, 2.75) is 27.2 Å². The van der Waals surface area contributed by atoms with Crippen LogP contribution in [0.3, 0.4) is 0 Å². The highest BCUT2D eigenvalue weighted by molar-refractivity contribution is 6.52. The molecule has 0 unspecified atom stereocenters. The molecule has 0 saturated carbocycles. The molecular formula is C20H21NO3. The SMILES string of the molecule is Cc1ccc(OCCCN2C(=O)C(=O)c3cccc(C)c32)cc1C. The summed E-state index contributed by atoms with van der Waals surface area (Å²) in [4.78, 5) is 25.8. The van der Waals surface area contributed by atoms with Gasteiger partial charge in [0.2, 0.25) is 0 Å². The Morgan fingerprint density at radius 2 is 1.75 bits per heavy atom. The molecule has 1 amide bonds. The van der Waals surface area contributed by atoms with Gasteiger partial charge >= 0.3 is 0 Å². The molecule has 2 aromatic rings. The third-order valence-corrected chi connectivity index (χ3v) is 4.46. The van der Waals surface area contributed by atoms with Crippen LogP contribution in [0.15, 0.2) is 36.4 Å². The monoisotopic (exact) mass is 323 g/mol. The average molecular weight is 323 g/mol. The number of benzene rings is 2. The summed E-state index contributed by atoms with van der Waals surface area (Å²) in [6.07, 6.45) is 0.666. The highest BCUT2D eigenvalue weighted by Gasteiger charge is 2.36. The van der Waals surface area contributed by atoms with Gasteiger partial charge in [-0.15, -0.1) is 0 Å². The molecule has 1 heterocycles. The lowest BCUT2D eigenvalue weighted by molar-refractivity contribution is -0.114. The molecule has 0 bridgehead atoms. The van der Waals surface area contributed by atoms with Crippen LogP contribution < -0.4 is 9.64 Å². The van der Waals surface area contributed by atoms with Gasteiger partial charge in [-0.2, -0.15) is 0 Å². The van der Waals surface area contributed by atoms with E-state index in [0.717, 1.165) is 17.0 Å². The molecule has 24 heavy (non-hydrogen) atoms. The number of ketones is 1. The first kappa shape index (κ1) is 16.2. The van der Waals surface area contributed by atoms with E-state index >= 15 is 0 Å². The fraction of sp³-hybridized carbons (Fsp3) is 0.300. The van der Waals surface area contributed by atoms with Gasteiger partial charge in [0.05, 0.1) is 17.9 Å².